The Bertz CT molecular complexity index is 500. The maximum absolute atomic E-state index is 12.5. The van der Waals surface area contributed by atoms with Crippen molar-refractivity contribution in [2.75, 3.05) is 14.2 Å². The van der Waals surface area contributed by atoms with E-state index in [1.54, 1.807) is 6.92 Å². The van der Waals surface area contributed by atoms with E-state index >= 15 is 0 Å². The van der Waals surface area contributed by atoms with Crippen LogP contribution in [0.15, 0.2) is 22.7 Å². The number of allylic oxidation sites excluding steroid dienone is 2. The number of unbranched alkanes of at least 4 members (excludes halogenated alkanes) is 8. The van der Waals surface area contributed by atoms with E-state index in [0.29, 0.717) is 17.6 Å². The van der Waals surface area contributed by atoms with Crippen LogP contribution >= 0.6 is 0 Å². The highest BCUT2D eigenvalue weighted by atomic mass is 16.5. The zero-order valence-electron chi connectivity index (χ0n) is 15.6. The van der Waals surface area contributed by atoms with Gasteiger partial charge in [0, 0.05) is 11.1 Å². The van der Waals surface area contributed by atoms with Crippen LogP contribution in [0.3, 0.4) is 0 Å². The Morgan fingerprint density at radius 2 is 1.29 bits per heavy atom. The highest BCUT2D eigenvalue weighted by molar-refractivity contribution is 6.23. The second-order valence-corrected chi connectivity index (χ2v) is 6.25. The van der Waals surface area contributed by atoms with Crippen LogP contribution < -0.4 is 0 Å². The topological polar surface area (TPSA) is 52.6 Å². The maximum atomic E-state index is 12.5. The largest absolute Gasteiger partial charge is 0.489 e. The molecule has 0 bridgehead atoms. The molecular formula is C20H31O4. The third-order valence-corrected chi connectivity index (χ3v) is 4.51. The van der Waals surface area contributed by atoms with Crippen LogP contribution in [-0.4, -0.2) is 25.8 Å². The van der Waals surface area contributed by atoms with Crippen molar-refractivity contribution in [3.63, 3.8) is 0 Å². The fourth-order valence-corrected chi connectivity index (χ4v) is 3.03. The van der Waals surface area contributed by atoms with Crippen molar-refractivity contribution in [3.05, 3.63) is 29.1 Å². The van der Waals surface area contributed by atoms with E-state index in [-0.39, 0.29) is 23.1 Å². The van der Waals surface area contributed by atoms with Gasteiger partial charge in [0.1, 0.15) is 0 Å². The average Bonchev–Trinajstić information content (AvgIpc) is 2.58. The Morgan fingerprint density at radius 1 is 0.792 bits per heavy atom. The van der Waals surface area contributed by atoms with Gasteiger partial charge >= 0.3 is 0 Å². The van der Waals surface area contributed by atoms with Crippen molar-refractivity contribution >= 4 is 11.6 Å². The molecule has 0 aromatic carbocycles. The normalized spacial score (nSPS) is 15.3. The molecule has 1 rings (SSSR count). The number of rotatable bonds is 12. The molecule has 0 unspecified atom stereocenters. The predicted molar refractivity (Wildman–Crippen MR) is 95.3 cm³/mol. The Hall–Kier alpha value is -1.58. The van der Waals surface area contributed by atoms with E-state index in [4.69, 9.17) is 9.47 Å². The lowest BCUT2D eigenvalue weighted by molar-refractivity contribution is -0.121. The molecule has 4 heteroatoms. The average molecular weight is 335 g/mol. The van der Waals surface area contributed by atoms with Gasteiger partial charge < -0.3 is 9.47 Å². The molecular weight excluding hydrogens is 304 g/mol. The number of carbonyl (C=O) groups is 2. The Labute approximate surface area is 146 Å². The molecule has 1 aliphatic carbocycles. The van der Waals surface area contributed by atoms with E-state index in [2.05, 4.69) is 13.3 Å². The fraction of sp³-hybridized carbons (Fsp3) is 0.650. The predicted octanol–water partition coefficient (Wildman–Crippen LogP) is 4.69. The molecule has 24 heavy (non-hydrogen) atoms. The molecule has 0 saturated heterocycles. The minimum absolute atomic E-state index is 0.0214. The monoisotopic (exact) mass is 335 g/mol. The summed E-state index contributed by atoms with van der Waals surface area (Å²) < 4.78 is 10.1. The summed E-state index contributed by atoms with van der Waals surface area (Å²) in [5.74, 6) is -0.386. The molecule has 0 heterocycles. The van der Waals surface area contributed by atoms with Gasteiger partial charge in [0.15, 0.2) is 0 Å². The SMILES string of the molecule is C[CH]CCCCCCCCCC1=C(C)C(=O)C(OC)=C(OC)C1=O. The molecule has 0 aliphatic heterocycles. The lowest BCUT2D eigenvalue weighted by Crippen LogP contribution is -2.25. The number of Topliss-reactive ketones (excluding diaryl/α,β-unsaturated/α-hetero) is 2. The van der Waals surface area contributed by atoms with E-state index in [1.807, 2.05) is 0 Å². The molecule has 0 fully saturated rings. The van der Waals surface area contributed by atoms with Crippen LogP contribution in [-0.2, 0) is 19.1 Å². The molecule has 0 amide bonds. The maximum Gasteiger partial charge on any atom is 0.228 e. The molecule has 135 valence electrons. The van der Waals surface area contributed by atoms with Gasteiger partial charge in [0.2, 0.25) is 23.1 Å². The second kappa shape index (κ2) is 11.1. The molecule has 0 aromatic rings. The minimum atomic E-state index is -0.239. The number of carbonyl (C=O) groups excluding carboxylic acids is 2. The number of ketones is 2. The van der Waals surface area contributed by atoms with Crippen LogP contribution in [0.1, 0.15) is 71.6 Å². The minimum Gasteiger partial charge on any atom is -0.489 e. The highest BCUT2D eigenvalue weighted by Crippen LogP contribution is 2.28. The van der Waals surface area contributed by atoms with Crippen LogP contribution in [0.25, 0.3) is 0 Å². The summed E-state index contributed by atoms with van der Waals surface area (Å²) in [4.78, 5) is 24.7. The quantitative estimate of drug-likeness (QED) is 0.383. The zero-order chi connectivity index (χ0) is 17.9. The number of ether oxygens (including phenoxy) is 2. The van der Waals surface area contributed by atoms with Crippen molar-refractivity contribution in [1.82, 2.24) is 0 Å². The summed E-state index contributed by atoms with van der Waals surface area (Å²) in [6.07, 6.45) is 12.3. The van der Waals surface area contributed by atoms with Crippen molar-refractivity contribution in [2.24, 2.45) is 0 Å². The van der Waals surface area contributed by atoms with Crippen molar-refractivity contribution < 1.29 is 19.1 Å². The highest BCUT2D eigenvalue weighted by Gasteiger charge is 2.34. The standard InChI is InChI=1S/C20H31O4/c1-5-6-7-8-9-10-11-12-13-14-16-15(2)17(21)19(23-3)20(24-4)18(16)22/h5H,6-14H2,1-4H3. The van der Waals surface area contributed by atoms with Crippen LogP contribution in [0.4, 0.5) is 0 Å². The third kappa shape index (κ3) is 5.50. The molecule has 1 aliphatic rings. The van der Waals surface area contributed by atoms with Gasteiger partial charge in [0.05, 0.1) is 14.2 Å². The first-order valence-corrected chi connectivity index (χ1v) is 8.97. The molecule has 1 radical (unpaired) electrons. The van der Waals surface area contributed by atoms with E-state index < -0.39 is 0 Å². The lowest BCUT2D eigenvalue weighted by atomic mass is 9.89. The van der Waals surface area contributed by atoms with Crippen LogP contribution in [0, 0.1) is 6.42 Å². The molecule has 0 spiro atoms. The summed E-state index contributed by atoms with van der Waals surface area (Å²) in [6, 6.07) is 0. The van der Waals surface area contributed by atoms with E-state index in [0.717, 1.165) is 12.8 Å². The number of hydrogen-bond donors (Lipinski definition) is 0. The zero-order valence-corrected chi connectivity index (χ0v) is 15.6. The first kappa shape index (κ1) is 20.5. The lowest BCUT2D eigenvalue weighted by Gasteiger charge is -2.20. The van der Waals surface area contributed by atoms with Gasteiger partial charge in [-0.2, -0.15) is 0 Å². The second-order valence-electron chi connectivity index (χ2n) is 6.25. The van der Waals surface area contributed by atoms with Crippen LogP contribution in [0.5, 0.6) is 0 Å². The first-order valence-electron chi connectivity index (χ1n) is 8.97. The summed E-state index contributed by atoms with van der Waals surface area (Å²) in [7, 11) is 2.78. The summed E-state index contributed by atoms with van der Waals surface area (Å²) in [5, 5.41) is 0. The summed E-state index contributed by atoms with van der Waals surface area (Å²) in [6.45, 7) is 3.81. The van der Waals surface area contributed by atoms with Gasteiger partial charge in [-0.25, -0.2) is 0 Å². The Morgan fingerprint density at radius 3 is 1.83 bits per heavy atom. The van der Waals surface area contributed by atoms with E-state index in [9.17, 15) is 9.59 Å². The number of methoxy groups -OCH3 is 2. The summed E-state index contributed by atoms with van der Waals surface area (Å²) in [5.41, 5.74) is 1.07. The first-order chi connectivity index (χ1) is 11.6. The Kier molecular flexibility index (Phi) is 9.43. The molecule has 0 N–H and O–H groups in total. The molecule has 4 nitrogen and oxygen atoms in total. The fourth-order valence-electron chi connectivity index (χ4n) is 3.03. The van der Waals surface area contributed by atoms with E-state index in [1.165, 1.54) is 52.7 Å². The van der Waals surface area contributed by atoms with Gasteiger partial charge in [-0.1, -0.05) is 51.9 Å². The number of hydrogen-bond acceptors (Lipinski definition) is 4. The molecule has 0 aromatic heterocycles. The molecule has 0 atom stereocenters. The van der Waals surface area contributed by atoms with Gasteiger partial charge in [-0.15, -0.1) is 0 Å². The van der Waals surface area contributed by atoms with Gasteiger partial charge in [-0.3, -0.25) is 9.59 Å². The van der Waals surface area contributed by atoms with Gasteiger partial charge in [-0.05, 0) is 26.2 Å². The smallest absolute Gasteiger partial charge is 0.228 e. The third-order valence-electron chi connectivity index (χ3n) is 4.51. The van der Waals surface area contributed by atoms with Crippen molar-refractivity contribution in [3.8, 4) is 0 Å². The Balaban J connectivity index is 2.41. The molecule has 0 saturated carbocycles. The summed E-state index contributed by atoms with van der Waals surface area (Å²) >= 11 is 0. The van der Waals surface area contributed by atoms with Crippen molar-refractivity contribution in [1.29, 1.82) is 0 Å². The van der Waals surface area contributed by atoms with Crippen LogP contribution in [0.2, 0.25) is 0 Å². The van der Waals surface area contributed by atoms with Crippen molar-refractivity contribution in [2.45, 2.75) is 71.6 Å². The van der Waals surface area contributed by atoms with Gasteiger partial charge in [0.25, 0.3) is 0 Å².